The van der Waals surface area contributed by atoms with Crippen LogP contribution in [0.3, 0.4) is 0 Å². The summed E-state index contributed by atoms with van der Waals surface area (Å²) in [6.07, 6.45) is 3.24. The number of halogens is 1. The second-order valence-electron chi connectivity index (χ2n) is 5.17. The summed E-state index contributed by atoms with van der Waals surface area (Å²) in [6, 6.07) is 4.74. The second kappa shape index (κ2) is 10.6. The Balaban J connectivity index is 2.52. The van der Waals surface area contributed by atoms with E-state index in [0.717, 1.165) is 43.7 Å². The smallest absolute Gasteiger partial charge is 0.124 e. The Labute approximate surface area is 127 Å². The molecule has 0 aliphatic heterocycles. The minimum absolute atomic E-state index is 0.0664. The molecular weight excluding hydrogens is 269 g/mol. The lowest BCUT2D eigenvalue weighted by Crippen LogP contribution is -2.20. The Bertz CT molecular complexity index is 398. The molecule has 0 aliphatic carbocycles. The molecule has 3 nitrogen and oxygen atoms in total. The monoisotopic (exact) mass is 297 g/mol. The molecule has 120 valence electrons. The van der Waals surface area contributed by atoms with Crippen molar-refractivity contribution in [2.75, 3.05) is 26.4 Å². The van der Waals surface area contributed by atoms with E-state index >= 15 is 0 Å². The summed E-state index contributed by atoms with van der Waals surface area (Å²) in [6.45, 7) is 8.99. The maximum Gasteiger partial charge on any atom is 0.124 e. The fourth-order valence-electron chi connectivity index (χ4n) is 2.02. The van der Waals surface area contributed by atoms with Crippen molar-refractivity contribution in [1.29, 1.82) is 0 Å². The molecule has 1 unspecified atom stereocenters. The van der Waals surface area contributed by atoms with E-state index in [9.17, 15) is 4.39 Å². The molecule has 1 atom stereocenters. The van der Waals surface area contributed by atoms with Crippen LogP contribution in [0.25, 0.3) is 0 Å². The van der Waals surface area contributed by atoms with Gasteiger partial charge in [-0.15, -0.1) is 0 Å². The number of hydrogen-bond acceptors (Lipinski definition) is 3. The zero-order valence-electron chi connectivity index (χ0n) is 13.5. The lowest BCUT2D eigenvalue weighted by Gasteiger charge is -2.18. The highest BCUT2D eigenvalue weighted by atomic mass is 19.1. The van der Waals surface area contributed by atoms with Crippen LogP contribution < -0.4 is 10.1 Å². The van der Waals surface area contributed by atoms with Gasteiger partial charge in [-0.05, 0) is 44.5 Å². The predicted octanol–water partition coefficient (Wildman–Crippen LogP) is 4.08. The van der Waals surface area contributed by atoms with Gasteiger partial charge in [0.15, 0.2) is 0 Å². The van der Waals surface area contributed by atoms with Gasteiger partial charge in [0.05, 0.1) is 6.61 Å². The van der Waals surface area contributed by atoms with E-state index in [1.54, 1.807) is 12.1 Å². The van der Waals surface area contributed by atoms with Crippen molar-refractivity contribution >= 4 is 0 Å². The van der Waals surface area contributed by atoms with Crippen LogP contribution in [0.15, 0.2) is 18.2 Å². The van der Waals surface area contributed by atoms with Crippen molar-refractivity contribution < 1.29 is 13.9 Å². The molecule has 1 rings (SSSR count). The fraction of sp³-hybridized carbons (Fsp3) is 0.647. The van der Waals surface area contributed by atoms with Gasteiger partial charge in [0.2, 0.25) is 0 Å². The molecule has 0 saturated carbocycles. The third kappa shape index (κ3) is 6.91. The molecule has 1 N–H and O–H groups in total. The minimum Gasteiger partial charge on any atom is -0.491 e. The van der Waals surface area contributed by atoms with Crippen LogP contribution in [-0.4, -0.2) is 26.4 Å². The predicted molar refractivity (Wildman–Crippen MR) is 84.3 cm³/mol. The second-order valence-corrected chi connectivity index (χ2v) is 5.17. The maximum atomic E-state index is 13.4. The minimum atomic E-state index is -0.235. The first-order chi connectivity index (χ1) is 10.2. The quantitative estimate of drug-likeness (QED) is 0.624. The van der Waals surface area contributed by atoms with Gasteiger partial charge in [0, 0.05) is 18.2 Å². The van der Waals surface area contributed by atoms with Crippen LogP contribution in [0.2, 0.25) is 0 Å². The summed E-state index contributed by atoms with van der Waals surface area (Å²) >= 11 is 0. The Morgan fingerprint density at radius 1 is 1.14 bits per heavy atom. The van der Waals surface area contributed by atoms with Crippen molar-refractivity contribution in [1.82, 2.24) is 5.32 Å². The zero-order chi connectivity index (χ0) is 15.5. The van der Waals surface area contributed by atoms with Crippen molar-refractivity contribution in [3.8, 4) is 5.75 Å². The highest BCUT2D eigenvalue weighted by Gasteiger charge is 2.12. The van der Waals surface area contributed by atoms with Gasteiger partial charge in [0.25, 0.3) is 0 Å². The van der Waals surface area contributed by atoms with Gasteiger partial charge in [-0.3, -0.25) is 0 Å². The van der Waals surface area contributed by atoms with Gasteiger partial charge >= 0.3 is 0 Å². The highest BCUT2D eigenvalue weighted by molar-refractivity contribution is 5.36. The lowest BCUT2D eigenvalue weighted by atomic mass is 10.1. The largest absolute Gasteiger partial charge is 0.491 e. The van der Waals surface area contributed by atoms with Crippen LogP contribution in [0.5, 0.6) is 5.75 Å². The molecule has 0 bridgehead atoms. The molecular formula is C17H28FNO2. The molecule has 0 heterocycles. The van der Waals surface area contributed by atoms with E-state index < -0.39 is 0 Å². The Kier molecular flexibility index (Phi) is 9.02. The van der Waals surface area contributed by atoms with Crippen LogP contribution in [0, 0.1) is 5.82 Å². The highest BCUT2D eigenvalue weighted by Crippen LogP contribution is 2.26. The van der Waals surface area contributed by atoms with Crippen molar-refractivity contribution in [2.45, 2.75) is 46.1 Å². The summed E-state index contributed by atoms with van der Waals surface area (Å²) < 4.78 is 24.7. The zero-order valence-corrected chi connectivity index (χ0v) is 13.5. The first-order valence-electron chi connectivity index (χ1n) is 7.92. The molecule has 21 heavy (non-hydrogen) atoms. The molecule has 0 spiro atoms. The number of hydrogen-bond donors (Lipinski definition) is 1. The number of ether oxygens (including phenoxy) is 2. The lowest BCUT2D eigenvalue weighted by molar-refractivity contribution is 0.0975. The number of unbranched alkanes of at least 4 members (excludes halogenated alkanes) is 1. The van der Waals surface area contributed by atoms with Crippen LogP contribution in [0.1, 0.15) is 51.6 Å². The number of benzene rings is 1. The Morgan fingerprint density at radius 3 is 2.67 bits per heavy atom. The molecule has 1 aromatic carbocycles. The van der Waals surface area contributed by atoms with E-state index in [2.05, 4.69) is 19.2 Å². The normalized spacial score (nSPS) is 12.4. The fourth-order valence-corrected chi connectivity index (χ4v) is 2.02. The van der Waals surface area contributed by atoms with E-state index in [4.69, 9.17) is 9.47 Å². The summed E-state index contributed by atoms with van der Waals surface area (Å²) in [5.41, 5.74) is 0.858. The van der Waals surface area contributed by atoms with Crippen LogP contribution >= 0.6 is 0 Å². The van der Waals surface area contributed by atoms with E-state index in [0.29, 0.717) is 13.2 Å². The topological polar surface area (TPSA) is 30.5 Å². The van der Waals surface area contributed by atoms with Crippen molar-refractivity contribution in [2.24, 2.45) is 0 Å². The van der Waals surface area contributed by atoms with Crippen molar-refractivity contribution in [3.63, 3.8) is 0 Å². The van der Waals surface area contributed by atoms with Gasteiger partial charge in [0.1, 0.15) is 18.2 Å². The Morgan fingerprint density at radius 2 is 1.95 bits per heavy atom. The van der Waals surface area contributed by atoms with Crippen molar-refractivity contribution in [3.05, 3.63) is 29.6 Å². The first-order valence-corrected chi connectivity index (χ1v) is 7.92. The maximum absolute atomic E-state index is 13.4. The molecule has 0 radical (unpaired) electrons. The summed E-state index contributed by atoms with van der Waals surface area (Å²) in [4.78, 5) is 0. The summed E-state index contributed by atoms with van der Waals surface area (Å²) in [5.74, 6) is 0.494. The molecule has 1 aromatic rings. The third-order valence-corrected chi connectivity index (χ3v) is 3.27. The molecule has 0 saturated heterocycles. The van der Waals surface area contributed by atoms with Gasteiger partial charge in [-0.1, -0.05) is 20.3 Å². The van der Waals surface area contributed by atoms with Gasteiger partial charge < -0.3 is 14.8 Å². The SMILES string of the molecule is CCCCOCCOc1ccc(F)cc1C(C)NCCC. The average Bonchev–Trinajstić information content (AvgIpc) is 2.49. The molecule has 0 amide bonds. The van der Waals surface area contributed by atoms with Gasteiger partial charge in [-0.2, -0.15) is 0 Å². The molecule has 0 aromatic heterocycles. The summed E-state index contributed by atoms with van der Waals surface area (Å²) in [5, 5.41) is 3.36. The van der Waals surface area contributed by atoms with E-state index in [-0.39, 0.29) is 11.9 Å². The molecule has 0 fully saturated rings. The van der Waals surface area contributed by atoms with Gasteiger partial charge in [-0.25, -0.2) is 4.39 Å². The average molecular weight is 297 g/mol. The summed E-state index contributed by atoms with van der Waals surface area (Å²) in [7, 11) is 0. The van der Waals surface area contributed by atoms with E-state index in [1.165, 1.54) is 6.07 Å². The standard InChI is InChI=1S/C17H28FNO2/c1-4-6-10-20-11-12-21-17-8-7-15(18)13-16(17)14(3)19-9-5-2/h7-8,13-14,19H,4-6,9-12H2,1-3H3. The molecule has 4 heteroatoms. The number of nitrogens with one attached hydrogen (secondary N) is 1. The third-order valence-electron chi connectivity index (χ3n) is 3.27. The van der Waals surface area contributed by atoms with Crippen LogP contribution in [0.4, 0.5) is 4.39 Å². The first kappa shape index (κ1) is 17.9. The Hall–Kier alpha value is -1.13. The number of rotatable bonds is 11. The van der Waals surface area contributed by atoms with E-state index in [1.807, 2.05) is 6.92 Å². The molecule has 0 aliphatic rings. The van der Waals surface area contributed by atoms with Crippen LogP contribution in [-0.2, 0) is 4.74 Å².